The van der Waals surface area contributed by atoms with Crippen molar-refractivity contribution in [3.63, 3.8) is 0 Å². The van der Waals surface area contributed by atoms with E-state index in [0.717, 1.165) is 29.9 Å². The molecule has 2 heterocycles. The predicted octanol–water partition coefficient (Wildman–Crippen LogP) is 2.67. The lowest BCUT2D eigenvalue weighted by Gasteiger charge is -2.02. The summed E-state index contributed by atoms with van der Waals surface area (Å²) < 4.78 is 31.5. The molecule has 112 valence electrons. The highest BCUT2D eigenvalue weighted by Gasteiger charge is 2.27. The molecule has 21 heavy (non-hydrogen) atoms. The van der Waals surface area contributed by atoms with Crippen LogP contribution in [0.3, 0.4) is 0 Å². The lowest BCUT2D eigenvalue weighted by molar-refractivity contribution is 0.0606. The molecule has 0 saturated heterocycles. The van der Waals surface area contributed by atoms with Crippen molar-refractivity contribution >= 4 is 43.8 Å². The average molecular weight is 344 g/mol. The minimum absolute atomic E-state index is 0.0380. The summed E-state index contributed by atoms with van der Waals surface area (Å²) in [4.78, 5) is 15.9. The number of nitrogens with zero attached hydrogens (tertiary/aromatic N) is 1. The highest BCUT2D eigenvalue weighted by atomic mass is 32.2. The molecule has 0 amide bonds. The first-order valence-electron chi connectivity index (χ1n) is 6.14. The van der Waals surface area contributed by atoms with Crippen molar-refractivity contribution in [2.24, 2.45) is 0 Å². The molecule has 1 aliphatic carbocycles. The summed E-state index contributed by atoms with van der Waals surface area (Å²) in [7, 11) is -2.47. The van der Waals surface area contributed by atoms with E-state index in [1.54, 1.807) is 0 Å². The second-order valence-electron chi connectivity index (χ2n) is 4.60. The van der Waals surface area contributed by atoms with Gasteiger partial charge in [0.15, 0.2) is 5.13 Å². The summed E-state index contributed by atoms with van der Waals surface area (Å²) in [6.07, 6.45) is 2.23. The molecule has 2 aromatic rings. The zero-order valence-corrected chi connectivity index (χ0v) is 13.5. The van der Waals surface area contributed by atoms with Gasteiger partial charge in [-0.2, -0.15) is 0 Å². The highest BCUT2D eigenvalue weighted by molar-refractivity contribution is 7.93. The second kappa shape index (κ2) is 5.39. The maximum atomic E-state index is 12.2. The second-order valence-corrected chi connectivity index (χ2v) is 8.05. The van der Waals surface area contributed by atoms with Crippen molar-refractivity contribution in [3.8, 4) is 0 Å². The Balaban J connectivity index is 1.79. The molecule has 9 heteroatoms. The van der Waals surface area contributed by atoms with Crippen molar-refractivity contribution in [1.82, 2.24) is 4.98 Å². The highest BCUT2D eigenvalue weighted by Crippen LogP contribution is 2.41. The van der Waals surface area contributed by atoms with E-state index in [2.05, 4.69) is 14.4 Å². The van der Waals surface area contributed by atoms with Gasteiger partial charge < -0.3 is 4.74 Å². The van der Waals surface area contributed by atoms with Crippen molar-refractivity contribution in [2.75, 3.05) is 11.8 Å². The van der Waals surface area contributed by atoms with Gasteiger partial charge >= 0.3 is 5.97 Å². The van der Waals surface area contributed by atoms with Crippen LogP contribution >= 0.6 is 22.7 Å². The Hall–Kier alpha value is -1.45. The Morgan fingerprint density at radius 1 is 1.38 bits per heavy atom. The standard InChI is InChI=1S/C12H12N2O4S3/c1-18-11(15)10-4-8(5-19-10)21(16,17)14-12-13-9(6-20-12)7-2-3-7/h4-7H,2-3H2,1H3,(H,13,14). The summed E-state index contributed by atoms with van der Waals surface area (Å²) in [5, 5.41) is 3.63. The van der Waals surface area contributed by atoms with Crippen LogP contribution in [-0.2, 0) is 14.8 Å². The number of hydrogen-bond acceptors (Lipinski definition) is 7. The molecule has 1 N–H and O–H groups in total. The lowest BCUT2D eigenvalue weighted by atomic mass is 10.3. The minimum Gasteiger partial charge on any atom is -0.465 e. The first kappa shape index (κ1) is 14.5. The van der Waals surface area contributed by atoms with E-state index >= 15 is 0 Å². The molecular weight excluding hydrogens is 332 g/mol. The fourth-order valence-electron chi connectivity index (χ4n) is 1.74. The van der Waals surface area contributed by atoms with Gasteiger partial charge in [-0.15, -0.1) is 22.7 Å². The fraction of sp³-hybridized carbons (Fsp3) is 0.333. The average Bonchev–Trinajstić information content (AvgIpc) is 3.00. The summed E-state index contributed by atoms with van der Waals surface area (Å²) in [5.74, 6) is -0.0710. The van der Waals surface area contributed by atoms with Gasteiger partial charge in [-0.1, -0.05) is 0 Å². The van der Waals surface area contributed by atoms with Gasteiger partial charge in [-0.3, -0.25) is 4.72 Å². The molecule has 0 spiro atoms. The Morgan fingerprint density at radius 2 is 2.14 bits per heavy atom. The Kier molecular flexibility index (Phi) is 3.72. The number of carbonyl (C=O) groups is 1. The van der Waals surface area contributed by atoms with Crippen LogP contribution in [0.4, 0.5) is 5.13 Å². The fourth-order valence-corrected chi connectivity index (χ4v) is 4.98. The molecule has 1 fully saturated rings. The SMILES string of the molecule is COC(=O)c1cc(S(=O)(=O)Nc2nc(C3CC3)cs2)cs1. The van der Waals surface area contributed by atoms with Gasteiger partial charge in [-0.05, 0) is 18.9 Å². The lowest BCUT2D eigenvalue weighted by Crippen LogP contribution is -2.12. The van der Waals surface area contributed by atoms with Crippen LogP contribution in [-0.4, -0.2) is 26.5 Å². The number of rotatable bonds is 5. The number of aromatic nitrogens is 1. The molecule has 1 aliphatic rings. The minimum atomic E-state index is -3.73. The molecule has 6 nitrogen and oxygen atoms in total. The summed E-state index contributed by atoms with van der Waals surface area (Å²) in [6, 6.07) is 1.30. The third kappa shape index (κ3) is 3.09. The molecule has 0 unspecified atom stereocenters. The van der Waals surface area contributed by atoms with E-state index in [-0.39, 0.29) is 9.77 Å². The molecule has 0 bridgehead atoms. The number of thiophene rings is 1. The summed E-state index contributed by atoms with van der Waals surface area (Å²) in [6.45, 7) is 0. The van der Waals surface area contributed by atoms with Crippen LogP contribution in [0.5, 0.6) is 0 Å². The number of esters is 1. The summed E-state index contributed by atoms with van der Waals surface area (Å²) in [5.41, 5.74) is 0.943. The zero-order valence-electron chi connectivity index (χ0n) is 11.0. The van der Waals surface area contributed by atoms with E-state index in [1.807, 2.05) is 5.38 Å². The maximum Gasteiger partial charge on any atom is 0.348 e. The van der Waals surface area contributed by atoms with Gasteiger partial charge in [-0.25, -0.2) is 18.2 Å². The van der Waals surface area contributed by atoms with Gasteiger partial charge in [0.2, 0.25) is 0 Å². The number of hydrogen-bond donors (Lipinski definition) is 1. The number of carbonyl (C=O) groups excluding carboxylic acids is 1. The molecule has 0 atom stereocenters. The van der Waals surface area contributed by atoms with Crippen molar-refractivity contribution in [3.05, 3.63) is 27.4 Å². The first-order valence-corrected chi connectivity index (χ1v) is 9.39. The van der Waals surface area contributed by atoms with Crippen molar-refractivity contribution in [2.45, 2.75) is 23.7 Å². The van der Waals surface area contributed by atoms with Crippen molar-refractivity contribution < 1.29 is 17.9 Å². The molecule has 0 aliphatic heterocycles. The van der Waals surface area contributed by atoms with E-state index in [0.29, 0.717) is 11.0 Å². The number of ether oxygens (including phenoxy) is 1. The van der Waals surface area contributed by atoms with Crippen LogP contribution in [0.15, 0.2) is 21.7 Å². The number of sulfonamides is 1. The Labute approximate surface area is 129 Å². The number of anilines is 1. The third-order valence-corrected chi connectivity index (χ3v) is 6.29. The van der Waals surface area contributed by atoms with E-state index in [9.17, 15) is 13.2 Å². The van der Waals surface area contributed by atoms with E-state index in [1.165, 1.54) is 29.9 Å². The van der Waals surface area contributed by atoms with Gasteiger partial charge in [0, 0.05) is 16.7 Å². The predicted molar refractivity (Wildman–Crippen MR) is 80.6 cm³/mol. The van der Waals surface area contributed by atoms with E-state index in [4.69, 9.17) is 0 Å². The van der Waals surface area contributed by atoms with E-state index < -0.39 is 16.0 Å². The molecule has 0 radical (unpaired) electrons. The van der Waals surface area contributed by atoms with Crippen LogP contribution in [0.1, 0.15) is 34.1 Å². The van der Waals surface area contributed by atoms with Crippen LogP contribution < -0.4 is 4.72 Å². The quantitative estimate of drug-likeness (QED) is 0.843. The van der Waals surface area contributed by atoms with Crippen LogP contribution in [0, 0.1) is 0 Å². The molecule has 2 aromatic heterocycles. The van der Waals surface area contributed by atoms with Crippen LogP contribution in [0.25, 0.3) is 0 Å². The number of thiazole rings is 1. The molecule has 1 saturated carbocycles. The van der Waals surface area contributed by atoms with Gasteiger partial charge in [0.25, 0.3) is 10.0 Å². The number of nitrogens with one attached hydrogen (secondary N) is 1. The molecular formula is C12H12N2O4S3. The Morgan fingerprint density at radius 3 is 2.81 bits per heavy atom. The first-order chi connectivity index (χ1) is 9.99. The summed E-state index contributed by atoms with van der Waals surface area (Å²) >= 11 is 2.30. The largest absolute Gasteiger partial charge is 0.465 e. The number of methoxy groups -OCH3 is 1. The zero-order chi connectivity index (χ0) is 15.0. The molecule has 0 aromatic carbocycles. The Bertz CT molecular complexity index is 774. The normalized spacial score (nSPS) is 14.9. The maximum absolute atomic E-state index is 12.2. The van der Waals surface area contributed by atoms with Crippen molar-refractivity contribution in [1.29, 1.82) is 0 Å². The van der Waals surface area contributed by atoms with Crippen LogP contribution in [0.2, 0.25) is 0 Å². The smallest absolute Gasteiger partial charge is 0.348 e. The van der Waals surface area contributed by atoms with Gasteiger partial charge in [0.1, 0.15) is 4.88 Å². The van der Waals surface area contributed by atoms with Gasteiger partial charge in [0.05, 0.1) is 17.7 Å². The topological polar surface area (TPSA) is 85.4 Å². The monoisotopic (exact) mass is 344 g/mol. The molecule has 3 rings (SSSR count). The third-order valence-electron chi connectivity index (χ3n) is 3.01.